The third-order valence-electron chi connectivity index (χ3n) is 2.87. The molecular formula is C14H13N3. The van der Waals surface area contributed by atoms with Crippen LogP contribution in [0.5, 0.6) is 0 Å². The molecule has 2 aromatic carbocycles. The van der Waals surface area contributed by atoms with Crippen LogP contribution in [0.4, 0.5) is 5.69 Å². The Labute approximate surface area is 100 Å². The highest BCUT2D eigenvalue weighted by Crippen LogP contribution is 2.24. The van der Waals surface area contributed by atoms with E-state index in [1.165, 1.54) is 16.7 Å². The maximum absolute atomic E-state index is 8.33. The molecule has 0 spiro atoms. The quantitative estimate of drug-likeness (QED) is 0.394. The highest BCUT2D eigenvalue weighted by Gasteiger charge is 1.99. The summed E-state index contributed by atoms with van der Waals surface area (Å²) in [6.45, 7) is 4.21. The molecule has 3 heteroatoms. The van der Waals surface area contributed by atoms with Gasteiger partial charge in [-0.1, -0.05) is 47.6 Å². The van der Waals surface area contributed by atoms with Crippen molar-refractivity contribution in [1.29, 1.82) is 0 Å². The van der Waals surface area contributed by atoms with E-state index in [1.807, 2.05) is 24.3 Å². The van der Waals surface area contributed by atoms with Gasteiger partial charge in [-0.25, -0.2) is 0 Å². The van der Waals surface area contributed by atoms with Gasteiger partial charge in [-0.2, -0.15) is 0 Å². The van der Waals surface area contributed by atoms with Crippen molar-refractivity contribution in [3.8, 4) is 11.1 Å². The third-order valence-corrected chi connectivity index (χ3v) is 2.87. The number of aryl methyl sites for hydroxylation is 2. The summed E-state index contributed by atoms with van der Waals surface area (Å²) in [5, 5.41) is 3.55. The summed E-state index contributed by atoms with van der Waals surface area (Å²) in [4.78, 5) is 2.76. The molecule has 0 aromatic heterocycles. The summed E-state index contributed by atoms with van der Waals surface area (Å²) in [6, 6.07) is 14.0. The van der Waals surface area contributed by atoms with Crippen LogP contribution in [-0.2, 0) is 0 Å². The lowest BCUT2D eigenvalue weighted by atomic mass is 10.0. The van der Waals surface area contributed by atoms with Gasteiger partial charge < -0.3 is 0 Å². The Morgan fingerprint density at radius 3 is 2.12 bits per heavy atom. The summed E-state index contributed by atoms with van der Waals surface area (Å²) >= 11 is 0. The zero-order valence-electron chi connectivity index (χ0n) is 9.88. The first kappa shape index (κ1) is 11.2. The standard InChI is InChI=1S/C14H13N3/c1-10-3-4-13(9-11(10)2)12-5-7-14(8-6-12)16-17-15/h3-9H,1-2H3. The van der Waals surface area contributed by atoms with Crippen molar-refractivity contribution in [3.63, 3.8) is 0 Å². The predicted molar refractivity (Wildman–Crippen MR) is 70.2 cm³/mol. The second-order valence-electron chi connectivity index (χ2n) is 4.04. The summed E-state index contributed by atoms with van der Waals surface area (Å²) in [5.74, 6) is 0. The van der Waals surface area contributed by atoms with Gasteiger partial charge in [0.1, 0.15) is 0 Å². The zero-order valence-corrected chi connectivity index (χ0v) is 9.88. The zero-order chi connectivity index (χ0) is 12.3. The molecule has 0 aliphatic heterocycles. The smallest absolute Gasteiger partial charge is 0.0375 e. The Hall–Kier alpha value is -2.25. The number of hydrogen-bond donors (Lipinski definition) is 0. The van der Waals surface area contributed by atoms with Crippen molar-refractivity contribution in [3.05, 3.63) is 64.0 Å². The fourth-order valence-electron chi connectivity index (χ4n) is 1.69. The van der Waals surface area contributed by atoms with Crippen molar-refractivity contribution >= 4 is 5.69 Å². The number of rotatable bonds is 2. The second-order valence-corrected chi connectivity index (χ2v) is 4.04. The van der Waals surface area contributed by atoms with E-state index in [4.69, 9.17) is 5.53 Å². The molecule has 2 rings (SSSR count). The predicted octanol–water partition coefficient (Wildman–Crippen LogP) is 4.91. The molecular weight excluding hydrogens is 210 g/mol. The average Bonchev–Trinajstić information content (AvgIpc) is 2.34. The Morgan fingerprint density at radius 1 is 0.882 bits per heavy atom. The van der Waals surface area contributed by atoms with E-state index in [9.17, 15) is 0 Å². The molecule has 17 heavy (non-hydrogen) atoms. The van der Waals surface area contributed by atoms with Crippen molar-refractivity contribution < 1.29 is 0 Å². The molecule has 0 saturated carbocycles. The van der Waals surface area contributed by atoms with E-state index in [1.54, 1.807) is 0 Å². The molecule has 0 unspecified atom stereocenters. The lowest BCUT2D eigenvalue weighted by Gasteiger charge is -2.05. The normalized spacial score (nSPS) is 9.76. The fraction of sp³-hybridized carbons (Fsp3) is 0.143. The Balaban J connectivity index is 2.39. The van der Waals surface area contributed by atoms with E-state index >= 15 is 0 Å². The van der Waals surface area contributed by atoms with Crippen LogP contribution in [0.3, 0.4) is 0 Å². The van der Waals surface area contributed by atoms with E-state index < -0.39 is 0 Å². The van der Waals surface area contributed by atoms with Crippen molar-refractivity contribution in [1.82, 2.24) is 0 Å². The minimum atomic E-state index is 0.639. The van der Waals surface area contributed by atoms with Crippen molar-refractivity contribution in [2.45, 2.75) is 13.8 Å². The molecule has 84 valence electrons. The number of azide groups is 1. The lowest BCUT2D eigenvalue weighted by Crippen LogP contribution is -1.83. The van der Waals surface area contributed by atoms with Gasteiger partial charge in [0.25, 0.3) is 0 Å². The van der Waals surface area contributed by atoms with E-state index in [2.05, 4.69) is 42.1 Å². The Morgan fingerprint density at radius 2 is 1.53 bits per heavy atom. The second kappa shape index (κ2) is 4.73. The van der Waals surface area contributed by atoms with Crippen LogP contribution in [0.1, 0.15) is 11.1 Å². The van der Waals surface area contributed by atoms with Crippen LogP contribution in [-0.4, -0.2) is 0 Å². The van der Waals surface area contributed by atoms with Crippen LogP contribution in [0.25, 0.3) is 21.6 Å². The van der Waals surface area contributed by atoms with Gasteiger partial charge in [0.2, 0.25) is 0 Å². The highest BCUT2D eigenvalue weighted by molar-refractivity contribution is 5.66. The first-order valence-corrected chi connectivity index (χ1v) is 5.43. The molecule has 0 fully saturated rings. The van der Waals surface area contributed by atoms with Gasteiger partial charge in [-0.05, 0) is 41.6 Å². The fourth-order valence-corrected chi connectivity index (χ4v) is 1.69. The molecule has 0 amide bonds. The molecule has 0 N–H and O–H groups in total. The van der Waals surface area contributed by atoms with Gasteiger partial charge in [0.15, 0.2) is 0 Å². The average molecular weight is 223 g/mol. The van der Waals surface area contributed by atoms with Gasteiger partial charge in [0, 0.05) is 10.6 Å². The van der Waals surface area contributed by atoms with Crippen LogP contribution in [0.15, 0.2) is 47.6 Å². The van der Waals surface area contributed by atoms with Gasteiger partial charge in [0.05, 0.1) is 0 Å². The van der Waals surface area contributed by atoms with E-state index in [0.717, 1.165) is 5.56 Å². The maximum atomic E-state index is 8.33. The number of nitrogens with zero attached hydrogens (tertiary/aromatic N) is 3. The van der Waals surface area contributed by atoms with Gasteiger partial charge in [-0.3, -0.25) is 0 Å². The van der Waals surface area contributed by atoms with Gasteiger partial charge >= 0.3 is 0 Å². The maximum Gasteiger partial charge on any atom is 0.0375 e. The first-order chi connectivity index (χ1) is 8.20. The summed E-state index contributed by atoms with van der Waals surface area (Å²) in [6.07, 6.45) is 0. The molecule has 0 aliphatic rings. The van der Waals surface area contributed by atoms with Crippen LogP contribution < -0.4 is 0 Å². The SMILES string of the molecule is Cc1ccc(-c2ccc(N=[N+]=[N-])cc2)cc1C. The molecule has 0 radical (unpaired) electrons. The Kier molecular flexibility index (Phi) is 3.12. The molecule has 0 saturated heterocycles. The number of benzene rings is 2. The number of hydrogen-bond acceptors (Lipinski definition) is 1. The van der Waals surface area contributed by atoms with E-state index in [0.29, 0.717) is 5.69 Å². The van der Waals surface area contributed by atoms with E-state index in [-0.39, 0.29) is 0 Å². The van der Waals surface area contributed by atoms with Gasteiger partial charge in [-0.15, -0.1) is 0 Å². The molecule has 0 aliphatic carbocycles. The molecule has 0 atom stereocenters. The summed E-state index contributed by atoms with van der Waals surface area (Å²) < 4.78 is 0. The lowest BCUT2D eigenvalue weighted by molar-refractivity contribution is 1.34. The molecule has 2 aromatic rings. The molecule has 3 nitrogen and oxygen atoms in total. The largest absolute Gasteiger partial charge is 0.0608 e. The monoisotopic (exact) mass is 223 g/mol. The highest BCUT2D eigenvalue weighted by atomic mass is 15.1. The molecule has 0 bridgehead atoms. The summed E-state index contributed by atoms with van der Waals surface area (Å²) in [7, 11) is 0. The minimum absolute atomic E-state index is 0.639. The minimum Gasteiger partial charge on any atom is -0.0608 e. The summed E-state index contributed by atoms with van der Waals surface area (Å²) in [5.41, 5.74) is 13.9. The Bertz CT molecular complexity index is 579. The topological polar surface area (TPSA) is 48.8 Å². The van der Waals surface area contributed by atoms with Crippen molar-refractivity contribution in [2.24, 2.45) is 5.11 Å². The van der Waals surface area contributed by atoms with Crippen LogP contribution >= 0.6 is 0 Å². The molecule has 0 heterocycles. The van der Waals surface area contributed by atoms with Crippen molar-refractivity contribution in [2.75, 3.05) is 0 Å². The third kappa shape index (κ3) is 2.47. The van der Waals surface area contributed by atoms with Crippen LogP contribution in [0, 0.1) is 13.8 Å². The first-order valence-electron chi connectivity index (χ1n) is 5.43. The van der Waals surface area contributed by atoms with Crippen LogP contribution in [0.2, 0.25) is 0 Å².